The number of amides is 1. The molecule has 0 fully saturated rings. The molecule has 0 aliphatic heterocycles. The summed E-state index contributed by atoms with van der Waals surface area (Å²) < 4.78 is 0. The molecule has 0 heterocycles. The first kappa shape index (κ1) is 11.6. The molecule has 0 bridgehead atoms. The van der Waals surface area contributed by atoms with Crippen molar-refractivity contribution in [2.24, 2.45) is 0 Å². The van der Waals surface area contributed by atoms with Crippen LogP contribution in [0.15, 0.2) is 0 Å². The van der Waals surface area contributed by atoms with Crippen molar-refractivity contribution in [2.45, 2.75) is 32.7 Å². The number of hydrogen-bond acceptors (Lipinski definition) is 2. The van der Waals surface area contributed by atoms with E-state index in [1.807, 2.05) is 6.92 Å². The molecule has 0 saturated heterocycles. The number of rotatable bonds is 5. The Morgan fingerprint density at radius 1 is 1.50 bits per heavy atom. The van der Waals surface area contributed by atoms with Gasteiger partial charge < -0.3 is 5.32 Å². The molecule has 0 aromatic heterocycles. The van der Waals surface area contributed by atoms with Gasteiger partial charge in [-0.3, -0.25) is 9.59 Å². The summed E-state index contributed by atoms with van der Waals surface area (Å²) in [5.74, 6) is -0.116. The maximum Gasteiger partial charge on any atom is 0.217 e. The van der Waals surface area contributed by atoms with Crippen LogP contribution in [0.5, 0.6) is 0 Å². The van der Waals surface area contributed by atoms with Crippen LogP contribution in [-0.2, 0) is 9.59 Å². The number of ketones is 1. The van der Waals surface area contributed by atoms with Gasteiger partial charge in [0.2, 0.25) is 5.91 Å². The van der Waals surface area contributed by atoms with Crippen LogP contribution >= 0.6 is 15.9 Å². The molecule has 1 N–H and O–H groups in total. The van der Waals surface area contributed by atoms with Gasteiger partial charge in [-0.05, 0) is 6.42 Å². The average Bonchev–Trinajstić information content (AvgIpc) is 2.01. The predicted molar refractivity (Wildman–Crippen MR) is 51.3 cm³/mol. The van der Waals surface area contributed by atoms with Crippen LogP contribution in [0.1, 0.15) is 26.7 Å². The zero-order chi connectivity index (χ0) is 9.56. The van der Waals surface area contributed by atoms with Gasteiger partial charge in [-0.25, -0.2) is 0 Å². The van der Waals surface area contributed by atoms with Crippen molar-refractivity contribution in [1.82, 2.24) is 5.32 Å². The highest BCUT2D eigenvalue weighted by atomic mass is 79.9. The number of alkyl halides is 1. The summed E-state index contributed by atoms with van der Waals surface area (Å²) in [6.07, 6.45) is 1.60. The molecule has 0 aliphatic rings. The van der Waals surface area contributed by atoms with Gasteiger partial charge in [0.1, 0.15) is 0 Å². The van der Waals surface area contributed by atoms with Crippen LogP contribution in [0.3, 0.4) is 0 Å². The number of carbonyl (C=O) groups excluding carboxylic acids is 2. The molecule has 1 amide bonds. The quantitative estimate of drug-likeness (QED) is 0.730. The fraction of sp³-hybridized carbons (Fsp3) is 0.750. The number of nitrogens with one attached hydrogen (secondary N) is 1. The Balaban J connectivity index is 4.02. The van der Waals surface area contributed by atoms with Crippen molar-refractivity contribution >= 4 is 27.6 Å². The first-order valence-corrected chi connectivity index (χ1v) is 5.09. The van der Waals surface area contributed by atoms with Crippen LogP contribution < -0.4 is 5.32 Å². The number of carbonyl (C=O) groups is 2. The molecule has 4 heteroatoms. The second-order valence-corrected chi connectivity index (χ2v) is 3.20. The molecule has 0 aromatic rings. The zero-order valence-corrected chi connectivity index (χ0v) is 8.98. The summed E-state index contributed by atoms with van der Waals surface area (Å²) in [4.78, 5) is 21.8. The SMILES string of the molecule is CCCC(NC(C)=O)C(=O)CBr. The molecule has 0 rings (SSSR count). The van der Waals surface area contributed by atoms with Crippen molar-refractivity contribution in [2.75, 3.05) is 5.33 Å². The molecule has 0 saturated carbocycles. The van der Waals surface area contributed by atoms with Gasteiger partial charge in [-0.15, -0.1) is 0 Å². The van der Waals surface area contributed by atoms with Gasteiger partial charge in [0.05, 0.1) is 11.4 Å². The first-order chi connectivity index (χ1) is 5.61. The highest BCUT2D eigenvalue weighted by molar-refractivity contribution is 9.09. The summed E-state index contributed by atoms with van der Waals surface area (Å²) >= 11 is 3.07. The van der Waals surface area contributed by atoms with Crippen molar-refractivity contribution in [3.8, 4) is 0 Å². The highest BCUT2D eigenvalue weighted by Gasteiger charge is 2.16. The summed E-state index contributed by atoms with van der Waals surface area (Å²) in [6, 6.07) is -0.313. The van der Waals surface area contributed by atoms with E-state index in [-0.39, 0.29) is 17.7 Å². The lowest BCUT2D eigenvalue weighted by Crippen LogP contribution is -2.40. The van der Waals surface area contributed by atoms with Gasteiger partial charge in [0, 0.05) is 6.92 Å². The smallest absolute Gasteiger partial charge is 0.217 e. The molecule has 0 radical (unpaired) electrons. The summed E-state index contributed by atoms with van der Waals surface area (Å²) in [5.41, 5.74) is 0. The summed E-state index contributed by atoms with van der Waals surface area (Å²) in [7, 11) is 0. The van der Waals surface area contributed by atoms with Crippen LogP contribution in [-0.4, -0.2) is 23.1 Å². The van der Waals surface area contributed by atoms with E-state index in [9.17, 15) is 9.59 Å². The zero-order valence-electron chi connectivity index (χ0n) is 7.39. The van der Waals surface area contributed by atoms with E-state index in [0.717, 1.165) is 6.42 Å². The lowest BCUT2D eigenvalue weighted by atomic mass is 10.1. The Labute approximate surface area is 81.0 Å². The number of hydrogen-bond donors (Lipinski definition) is 1. The fourth-order valence-electron chi connectivity index (χ4n) is 0.941. The molecule has 0 aliphatic carbocycles. The summed E-state index contributed by atoms with van der Waals surface area (Å²) in [5, 5.41) is 2.92. The minimum absolute atomic E-state index is 0.0343. The second-order valence-electron chi connectivity index (χ2n) is 2.64. The third kappa shape index (κ3) is 4.49. The van der Waals surface area contributed by atoms with Crippen molar-refractivity contribution in [3.63, 3.8) is 0 Å². The minimum Gasteiger partial charge on any atom is -0.347 e. The third-order valence-corrected chi connectivity index (χ3v) is 2.03. The Morgan fingerprint density at radius 3 is 2.42 bits per heavy atom. The van der Waals surface area contributed by atoms with Crippen LogP contribution in [0.4, 0.5) is 0 Å². The number of halogens is 1. The molecular formula is C8H14BrNO2. The number of Topliss-reactive ketones (excluding diaryl/α,β-unsaturated/α-hetero) is 1. The van der Waals surface area contributed by atoms with E-state index in [4.69, 9.17) is 0 Å². The predicted octanol–water partition coefficient (Wildman–Crippen LogP) is 1.26. The van der Waals surface area contributed by atoms with E-state index in [1.54, 1.807) is 0 Å². The van der Waals surface area contributed by atoms with E-state index in [0.29, 0.717) is 11.8 Å². The molecule has 12 heavy (non-hydrogen) atoms. The Bertz CT molecular complexity index is 170. The maximum atomic E-state index is 11.2. The van der Waals surface area contributed by atoms with Crippen molar-refractivity contribution < 1.29 is 9.59 Å². The molecule has 0 spiro atoms. The van der Waals surface area contributed by atoms with E-state index < -0.39 is 0 Å². The van der Waals surface area contributed by atoms with Crippen molar-refractivity contribution in [1.29, 1.82) is 0 Å². The first-order valence-electron chi connectivity index (χ1n) is 3.97. The maximum absolute atomic E-state index is 11.2. The Hall–Kier alpha value is -0.380. The molecule has 3 nitrogen and oxygen atoms in total. The lowest BCUT2D eigenvalue weighted by molar-refractivity contribution is -0.125. The fourth-order valence-corrected chi connectivity index (χ4v) is 1.33. The van der Waals surface area contributed by atoms with E-state index in [2.05, 4.69) is 21.2 Å². The standard InChI is InChI=1S/C8H14BrNO2/c1-3-4-7(8(12)5-9)10-6(2)11/h7H,3-5H2,1-2H3,(H,10,11). The van der Waals surface area contributed by atoms with Crippen molar-refractivity contribution in [3.05, 3.63) is 0 Å². The Morgan fingerprint density at radius 2 is 2.08 bits per heavy atom. The van der Waals surface area contributed by atoms with E-state index in [1.165, 1.54) is 6.92 Å². The molecule has 1 unspecified atom stereocenters. The highest BCUT2D eigenvalue weighted by Crippen LogP contribution is 2.00. The van der Waals surface area contributed by atoms with E-state index >= 15 is 0 Å². The topological polar surface area (TPSA) is 46.2 Å². The van der Waals surface area contributed by atoms with Gasteiger partial charge in [0.25, 0.3) is 0 Å². The molecule has 70 valence electrons. The minimum atomic E-state index is -0.313. The third-order valence-electron chi connectivity index (χ3n) is 1.48. The van der Waals surface area contributed by atoms with Crippen LogP contribution in [0, 0.1) is 0 Å². The molecular weight excluding hydrogens is 222 g/mol. The Kier molecular flexibility index (Phi) is 5.98. The van der Waals surface area contributed by atoms with Gasteiger partial charge in [-0.1, -0.05) is 29.3 Å². The molecule has 1 atom stereocenters. The van der Waals surface area contributed by atoms with Gasteiger partial charge in [-0.2, -0.15) is 0 Å². The molecule has 0 aromatic carbocycles. The normalized spacial score (nSPS) is 12.2. The van der Waals surface area contributed by atoms with Gasteiger partial charge >= 0.3 is 0 Å². The van der Waals surface area contributed by atoms with Crippen LogP contribution in [0.2, 0.25) is 0 Å². The average molecular weight is 236 g/mol. The summed E-state index contributed by atoms with van der Waals surface area (Å²) in [6.45, 7) is 3.40. The second kappa shape index (κ2) is 6.17. The lowest BCUT2D eigenvalue weighted by Gasteiger charge is -2.13. The largest absolute Gasteiger partial charge is 0.347 e. The monoisotopic (exact) mass is 235 g/mol. The van der Waals surface area contributed by atoms with Gasteiger partial charge in [0.15, 0.2) is 5.78 Å². The van der Waals surface area contributed by atoms with Crippen LogP contribution in [0.25, 0.3) is 0 Å².